The highest BCUT2D eigenvalue weighted by molar-refractivity contribution is 9.10. The number of amides is 1. The standard InChI is InChI=1S/C11H18BrN3O/c1-4-8(5-2)11(16)13-7-10-9(12)6-14-15(10)3/h6,8H,4-5,7H2,1-3H3,(H,13,16). The van der Waals surface area contributed by atoms with Crippen LogP contribution in [0.5, 0.6) is 0 Å². The Kier molecular flexibility index (Phi) is 4.99. The average molecular weight is 288 g/mol. The van der Waals surface area contributed by atoms with Crippen LogP contribution in [0.25, 0.3) is 0 Å². The van der Waals surface area contributed by atoms with Gasteiger partial charge in [0, 0.05) is 13.0 Å². The molecule has 90 valence electrons. The fraction of sp³-hybridized carbons (Fsp3) is 0.636. The molecule has 0 unspecified atom stereocenters. The lowest BCUT2D eigenvalue weighted by molar-refractivity contribution is -0.125. The highest BCUT2D eigenvalue weighted by atomic mass is 79.9. The van der Waals surface area contributed by atoms with Crippen molar-refractivity contribution in [2.45, 2.75) is 33.2 Å². The van der Waals surface area contributed by atoms with Crippen LogP contribution in [0.1, 0.15) is 32.4 Å². The van der Waals surface area contributed by atoms with Crippen LogP contribution < -0.4 is 5.32 Å². The van der Waals surface area contributed by atoms with Gasteiger partial charge in [-0.15, -0.1) is 0 Å². The van der Waals surface area contributed by atoms with E-state index < -0.39 is 0 Å². The van der Waals surface area contributed by atoms with Gasteiger partial charge in [0.15, 0.2) is 0 Å². The molecule has 0 atom stereocenters. The van der Waals surface area contributed by atoms with Crippen LogP contribution in [0.3, 0.4) is 0 Å². The fourth-order valence-electron chi connectivity index (χ4n) is 1.61. The zero-order valence-electron chi connectivity index (χ0n) is 9.96. The van der Waals surface area contributed by atoms with Crippen molar-refractivity contribution in [2.24, 2.45) is 13.0 Å². The lowest BCUT2D eigenvalue weighted by Gasteiger charge is -2.12. The summed E-state index contributed by atoms with van der Waals surface area (Å²) in [4.78, 5) is 11.8. The van der Waals surface area contributed by atoms with Crippen LogP contribution in [0.4, 0.5) is 0 Å². The second-order valence-electron chi connectivity index (χ2n) is 3.79. The van der Waals surface area contributed by atoms with Gasteiger partial charge in [-0.25, -0.2) is 0 Å². The van der Waals surface area contributed by atoms with Gasteiger partial charge in [0.1, 0.15) is 0 Å². The van der Waals surface area contributed by atoms with Gasteiger partial charge in [0.2, 0.25) is 5.91 Å². The highest BCUT2D eigenvalue weighted by Crippen LogP contribution is 2.15. The molecular formula is C11H18BrN3O. The van der Waals surface area contributed by atoms with Crippen molar-refractivity contribution in [1.82, 2.24) is 15.1 Å². The molecule has 16 heavy (non-hydrogen) atoms. The first-order chi connectivity index (χ1) is 7.60. The number of carbonyl (C=O) groups excluding carboxylic acids is 1. The van der Waals surface area contributed by atoms with Crippen molar-refractivity contribution in [1.29, 1.82) is 0 Å². The zero-order chi connectivity index (χ0) is 12.1. The van der Waals surface area contributed by atoms with Gasteiger partial charge < -0.3 is 5.32 Å². The summed E-state index contributed by atoms with van der Waals surface area (Å²) in [5, 5.41) is 7.04. The number of nitrogens with one attached hydrogen (secondary N) is 1. The third kappa shape index (κ3) is 3.07. The Morgan fingerprint density at radius 2 is 2.19 bits per heavy atom. The summed E-state index contributed by atoms with van der Waals surface area (Å²) in [7, 11) is 1.86. The Bertz CT molecular complexity index is 339. The summed E-state index contributed by atoms with van der Waals surface area (Å²) in [6.07, 6.45) is 3.50. The molecule has 0 aromatic carbocycles. The molecule has 1 amide bonds. The van der Waals surface area contributed by atoms with E-state index in [1.807, 2.05) is 20.9 Å². The monoisotopic (exact) mass is 287 g/mol. The van der Waals surface area contributed by atoms with E-state index in [9.17, 15) is 4.79 Å². The Morgan fingerprint density at radius 1 is 1.56 bits per heavy atom. The smallest absolute Gasteiger partial charge is 0.223 e. The maximum atomic E-state index is 11.8. The van der Waals surface area contributed by atoms with Crippen LogP contribution >= 0.6 is 15.9 Å². The quantitative estimate of drug-likeness (QED) is 0.903. The number of aryl methyl sites for hydroxylation is 1. The first-order valence-corrected chi connectivity index (χ1v) is 6.33. The summed E-state index contributed by atoms with van der Waals surface area (Å²) < 4.78 is 2.69. The molecule has 1 N–H and O–H groups in total. The normalized spacial score (nSPS) is 10.8. The highest BCUT2D eigenvalue weighted by Gasteiger charge is 2.14. The number of carbonyl (C=O) groups is 1. The van der Waals surface area contributed by atoms with E-state index in [1.54, 1.807) is 10.9 Å². The summed E-state index contributed by atoms with van der Waals surface area (Å²) in [6.45, 7) is 4.59. The molecule has 0 spiro atoms. The topological polar surface area (TPSA) is 46.9 Å². The second-order valence-corrected chi connectivity index (χ2v) is 4.65. The predicted octanol–water partition coefficient (Wildman–Crippen LogP) is 2.24. The summed E-state index contributed by atoms with van der Waals surface area (Å²) in [5.74, 6) is 0.241. The molecule has 0 bridgehead atoms. The average Bonchev–Trinajstić information content (AvgIpc) is 2.58. The largest absolute Gasteiger partial charge is 0.350 e. The molecule has 1 aromatic heterocycles. The number of halogens is 1. The van der Waals surface area contributed by atoms with Crippen LogP contribution in [-0.2, 0) is 18.4 Å². The maximum Gasteiger partial charge on any atom is 0.223 e. The van der Waals surface area contributed by atoms with Gasteiger partial charge in [-0.3, -0.25) is 9.48 Å². The van der Waals surface area contributed by atoms with E-state index in [0.29, 0.717) is 6.54 Å². The number of hydrogen-bond donors (Lipinski definition) is 1. The Morgan fingerprint density at radius 3 is 2.62 bits per heavy atom. The third-order valence-corrected chi connectivity index (χ3v) is 3.46. The van der Waals surface area contributed by atoms with Gasteiger partial charge in [0.25, 0.3) is 0 Å². The molecule has 1 heterocycles. The minimum absolute atomic E-state index is 0.118. The molecule has 4 nitrogen and oxygen atoms in total. The summed E-state index contributed by atoms with van der Waals surface area (Å²) in [6, 6.07) is 0. The fourth-order valence-corrected chi connectivity index (χ4v) is 2.10. The van der Waals surface area contributed by atoms with Crippen molar-refractivity contribution in [3.05, 3.63) is 16.4 Å². The van der Waals surface area contributed by atoms with E-state index in [-0.39, 0.29) is 11.8 Å². The number of aromatic nitrogens is 2. The molecule has 0 saturated heterocycles. The van der Waals surface area contributed by atoms with Crippen molar-refractivity contribution in [3.63, 3.8) is 0 Å². The zero-order valence-corrected chi connectivity index (χ0v) is 11.5. The molecule has 1 rings (SSSR count). The number of nitrogens with zero attached hydrogens (tertiary/aromatic N) is 2. The molecule has 0 fully saturated rings. The number of hydrogen-bond acceptors (Lipinski definition) is 2. The SMILES string of the molecule is CCC(CC)C(=O)NCc1c(Br)cnn1C. The Labute approximate surface area is 105 Å². The van der Waals surface area contributed by atoms with Crippen molar-refractivity contribution >= 4 is 21.8 Å². The first kappa shape index (κ1) is 13.2. The minimum Gasteiger partial charge on any atom is -0.350 e. The Balaban J connectivity index is 2.55. The summed E-state index contributed by atoms with van der Waals surface area (Å²) >= 11 is 3.40. The minimum atomic E-state index is 0.118. The van der Waals surface area contributed by atoms with Crippen LogP contribution in [0, 0.1) is 5.92 Å². The second kappa shape index (κ2) is 6.03. The molecule has 1 aromatic rings. The van der Waals surface area contributed by atoms with Gasteiger partial charge in [-0.05, 0) is 28.8 Å². The van der Waals surface area contributed by atoms with Crippen molar-refractivity contribution in [3.8, 4) is 0 Å². The van der Waals surface area contributed by atoms with Crippen LogP contribution in [-0.4, -0.2) is 15.7 Å². The molecule has 0 saturated carbocycles. The van der Waals surface area contributed by atoms with E-state index in [2.05, 4.69) is 26.3 Å². The van der Waals surface area contributed by atoms with E-state index in [1.165, 1.54) is 0 Å². The lowest BCUT2D eigenvalue weighted by Crippen LogP contribution is -2.30. The maximum absolute atomic E-state index is 11.8. The van der Waals surface area contributed by atoms with E-state index in [4.69, 9.17) is 0 Å². The molecule has 0 aliphatic heterocycles. The third-order valence-electron chi connectivity index (χ3n) is 2.80. The molecule has 0 aliphatic carbocycles. The summed E-state index contributed by atoms with van der Waals surface area (Å²) in [5.41, 5.74) is 0.985. The van der Waals surface area contributed by atoms with Crippen LogP contribution in [0.2, 0.25) is 0 Å². The van der Waals surface area contributed by atoms with Crippen molar-refractivity contribution in [2.75, 3.05) is 0 Å². The lowest BCUT2D eigenvalue weighted by atomic mass is 10.0. The van der Waals surface area contributed by atoms with Crippen LogP contribution in [0.15, 0.2) is 10.7 Å². The van der Waals surface area contributed by atoms with Gasteiger partial charge in [-0.1, -0.05) is 13.8 Å². The van der Waals surface area contributed by atoms with E-state index in [0.717, 1.165) is 23.0 Å². The molecule has 0 radical (unpaired) electrons. The molecular weight excluding hydrogens is 270 g/mol. The number of rotatable bonds is 5. The van der Waals surface area contributed by atoms with Gasteiger partial charge in [-0.2, -0.15) is 5.10 Å². The van der Waals surface area contributed by atoms with E-state index >= 15 is 0 Å². The Hall–Kier alpha value is -0.840. The molecule has 0 aliphatic rings. The predicted molar refractivity (Wildman–Crippen MR) is 66.8 cm³/mol. The molecule has 5 heteroatoms. The first-order valence-electron chi connectivity index (χ1n) is 5.54. The van der Waals surface area contributed by atoms with Gasteiger partial charge in [0.05, 0.1) is 22.9 Å². The van der Waals surface area contributed by atoms with Crippen molar-refractivity contribution < 1.29 is 4.79 Å². The van der Waals surface area contributed by atoms with Gasteiger partial charge >= 0.3 is 0 Å².